The lowest BCUT2D eigenvalue weighted by molar-refractivity contribution is -0.137. The fourth-order valence-electron chi connectivity index (χ4n) is 4.88. The molecule has 1 aromatic rings. The number of anilines is 1. The van der Waals surface area contributed by atoms with Crippen LogP contribution in [0.2, 0.25) is 0 Å². The van der Waals surface area contributed by atoms with Crippen LogP contribution in [-0.4, -0.2) is 34.2 Å². The van der Waals surface area contributed by atoms with Crippen molar-refractivity contribution in [2.45, 2.75) is 43.8 Å². The summed E-state index contributed by atoms with van der Waals surface area (Å²) in [5.41, 5.74) is -5.13. The van der Waals surface area contributed by atoms with Crippen molar-refractivity contribution in [3.8, 4) is 6.07 Å². The molecule has 3 fully saturated rings. The Morgan fingerprint density at radius 1 is 1.26 bits per heavy atom. The van der Waals surface area contributed by atoms with Gasteiger partial charge in [0.1, 0.15) is 5.60 Å². The number of halogens is 3. The van der Waals surface area contributed by atoms with Gasteiger partial charge in [-0.3, -0.25) is 9.59 Å². The number of hydrogen-bond donors (Lipinski definition) is 1. The van der Waals surface area contributed by atoms with Gasteiger partial charge in [-0.1, -0.05) is 6.07 Å². The van der Waals surface area contributed by atoms with Gasteiger partial charge >= 0.3 is 6.18 Å². The standard InChI is InChI=1S/C18H15F3N2O4/c1-16-6-10(24)17(2,27-16)13-12(16)14(25)23(15(13)26)9-5-3-4-8(7-22)11(9)18(19,20)21/h3-5,10,12-13,24H,6H2,1-2H3. The summed E-state index contributed by atoms with van der Waals surface area (Å²) in [6.45, 7) is 3.08. The van der Waals surface area contributed by atoms with Crippen molar-refractivity contribution >= 4 is 17.5 Å². The van der Waals surface area contributed by atoms with E-state index in [1.54, 1.807) is 6.92 Å². The topological polar surface area (TPSA) is 90.6 Å². The van der Waals surface area contributed by atoms with Crippen LogP contribution in [0.5, 0.6) is 0 Å². The molecule has 3 saturated heterocycles. The first-order valence-corrected chi connectivity index (χ1v) is 8.32. The third kappa shape index (κ3) is 2.08. The molecule has 4 rings (SSSR count). The lowest BCUT2D eigenvalue weighted by atomic mass is 9.67. The summed E-state index contributed by atoms with van der Waals surface area (Å²) in [7, 11) is 0. The van der Waals surface area contributed by atoms with Crippen LogP contribution in [0.4, 0.5) is 18.9 Å². The molecule has 3 aliphatic rings. The number of aliphatic hydroxyl groups excluding tert-OH is 1. The molecule has 0 saturated carbocycles. The molecular weight excluding hydrogens is 365 g/mol. The summed E-state index contributed by atoms with van der Waals surface area (Å²) < 4.78 is 46.6. The number of imide groups is 1. The molecule has 0 aliphatic carbocycles. The minimum absolute atomic E-state index is 0.113. The second-order valence-electron chi connectivity index (χ2n) is 7.59. The molecule has 1 aromatic carbocycles. The molecule has 3 heterocycles. The van der Waals surface area contributed by atoms with Crippen LogP contribution in [0.1, 0.15) is 31.4 Å². The van der Waals surface area contributed by atoms with Crippen molar-refractivity contribution in [3.05, 3.63) is 29.3 Å². The van der Waals surface area contributed by atoms with Crippen molar-refractivity contribution in [3.63, 3.8) is 0 Å². The van der Waals surface area contributed by atoms with Crippen molar-refractivity contribution in [2.24, 2.45) is 11.8 Å². The Morgan fingerprint density at radius 2 is 1.89 bits per heavy atom. The van der Waals surface area contributed by atoms with Gasteiger partial charge in [0.2, 0.25) is 11.8 Å². The molecule has 9 heteroatoms. The quantitative estimate of drug-likeness (QED) is 0.753. The Balaban J connectivity index is 1.89. The average molecular weight is 380 g/mol. The number of carbonyl (C=O) groups excluding carboxylic acids is 2. The summed E-state index contributed by atoms with van der Waals surface area (Å²) in [6, 6.07) is 4.65. The van der Waals surface area contributed by atoms with Crippen LogP contribution in [-0.2, 0) is 20.5 Å². The van der Waals surface area contributed by atoms with Gasteiger partial charge in [0.25, 0.3) is 0 Å². The first-order chi connectivity index (χ1) is 12.5. The minimum Gasteiger partial charge on any atom is -0.390 e. The molecule has 0 aromatic heterocycles. The Labute approximate surface area is 152 Å². The van der Waals surface area contributed by atoms with Crippen LogP contribution >= 0.6 is 0 Å². The normalized spacial score (nSPS) is 37.7. The number of rotatable bonds is 1. The van der Waals surface area contributed by atoms with E-state index in [1.165, 1.54) is 19.1 Å². The minimum atomic E-state index is -4.93. The van der Waals surface area contributed by atoms with E-state index in [4.69, 9.17) is 10.00 Å². The summed E-state index contributed by atoms with van der Waals surface area (Å²) >= 11 is 0. The van der Waals surface area contributed by atoms with Gasteiger partial charge in [-0.2, -0.15) is 18.4 Å². The second-order valence-corrected chi connectivity index (χ2v) is 7.59. The maximum atomic E-state index is 13.6. The van der Waals surface area contributed by atoms with E-state index in [2.05, 4.69) is 0 Å². The Bertz CT molecular complexity index is 924. The smallest absolute Gasteiger partial charge is 0.390 e. The molecule has 142 valence electrons. The number of fused-ring (bicyclic) bond motifs is 5. The summed E-state index contributed by atoms with van der Waals surface area (Å²) in [5.74, 6) is -3.71. The van der Waals surface area contributed by atoms with Crippen molar-refractivity contribution in [1.82, 2.24) is 0 Å². The monoisotopic (exact) mass is 380 g/mol. The van der Waals surface area contributed by atoms with E-state index in [-0.39, 0.29) is 6.42 Å². The fraction of sp³-hybridized carbons (Fsp3) is 0.500. The number of ether oxygens (including phenoxy) is 1. The maximum absolute atomic E-state index is 13.6. The van der Waals surface area contributed by atoms with Crippen LogP contribution in [0.25, 0.3) is 0 Å². The zero-order valence-electron chi connectivity index (χ0n) is 14.4. The third-order valence-electron chi connectivity index (χ3n) is 5.98. The van der Waals surface area contributed by atoms with E-state index in [1.807, 2.05) is 0 Å². The van der Waals surface area contributed by atoms with E-state index in [9.17, 15) is 27.9 Å². The zero-order chi connectivity index (χ0) is 19.9. The van der Waals surface area contributed by atoms with Crippen LogP contribution in [0.3, 0.4) is 0 Å². The molecule has 3 aliphatic heterocycles. The highest BCUT2D eigenvalue weighted by atomic mass is 19.4. The van der Waals surface area contributed by atoms with Crippen LogP contribution in [0, 0.1) is 23.2 Å². The first-order valence-electron chi connectivity index (χ1n) is 8.32. The number of nitriles is 1. The molecule has 5 atom stereocenters. The number of hydrogen-bond acceptors (Lipinski definition) is 5. The van der Waals surface area contributed by atoms with E-state index >= 15 is 0 Å². The summed E-state index contributed by atoms with van der Waals surface area (Å²) in [4.78, 5) is 26.5. The Morgan fingerprint density at radius 3 is 2.48 bits per heavy atom. The number of benzene rings is 1. The molecule has 5 unspecified atom stereocenters. The Hall–Kier alpha value is -2.44. The number of carbonyl (C=O) groups is 2. The molecule has 6 nitrogen and oxygen atoms in total. The zero-order valence-corrected chi connectivity index (χ0v) is 14.4. The average Bonchev–Trinajstić information content (AvgIpc) is 3.07. The first kappa shape index (κ1) is 17.9. The highest BCUT2D eigenvalue weighted by Gasteiger charge is 2.75. The number of alkyl halides is 3. The molecule has 2 bridgehead atoms. The van der Waals surface area contributed by atoms with Gasteiger partial charge in [0.05, 0.1) is 46.4 Å². The third-order valence-corrected chi connectivity index (χ3v) is 5.98. The molecular formula is C18H15F3N2O4. The maximum Gasteiger partial charge on any atom is 0.419 e. The molecule has 27 heavy (non-hydrogen) atoms. The van der Waals surface area contributed by atoms with Gasteiger partial charge < -0.3 is 9.84 Å². The highest BCUT2D eigenvalue weighted by molar-refractivity contribution is 6.23. The SMILES string of the molecule is CC12CC(O)C(C)(O1)C1C(=O)N(c3cccc(C#N)c3C(F)(F)F)C(=O)C12. The van der Waals surface area contributed by atoms with Crippen LogP contribution in [0.15, 0.2) is 18.2 Å². The molecule has 1 N–H and O–H groups in total. The lowest BCUT2D eigenvalue weighted by Crippen LogP contribution is -2.49. The second kappa shape index (κ2) is 5.09. The van der Waals surface area contributed by atoms with Gasteiger partial charge in [-0.05, 0) is 26.0 Å². The summed E-state index contributed by atoms with van der Waals surface area (Å²) in [5, 5.41) is 19.3. The Kier molecular flexibility index (Phi) is 3.38. The lowest BCUT2D eigenvalue weighted by Gasteiger charge is -2.31. The van der Waals surface area contributed by atoms with Crippen molar-refractivity contribution in [2.75, 3.05) is 4.90 Å². The van der Waals surface area contributed by atoms with E-state index < -0.39 is 63.9 Å². The molecule has 2 amide bonds. The van der Waals surface area contributed by atoms with Crippen LogP contribution < -0.4 is 4.90 Å². The fourth-order valence-corrected chi connectivity index (χ4v) is 4.88. The van der Waals surface area contributed by atoms with Gasteiger partial charge in [-0.25, -0.2) is 4.90 Å². The highest BCUT2D eigenvalue weighted by Crippen LogP contribution is 2.61. The van der Waals surface area contributed by atoms with E-state index in [0.29, 0.717) is 4.90 Å². The van der Waals surface area contributed by atoms with E-state index in [0.717, 1.165) is 12.1 Å². The summed E-state index contributed by atoms with van der Waals surface area (Å²) in [6.07, 6.45) is -5.82. The molecule has 0 radical (unpaired) electrons. The van der Waals surface area contributed by atoms with Gasteiger partial charge in [0, 0.05) is 6.42 Å². The van der Waals surface area contributed by atoms with Crippen molar-refractivity contribution in [1.29, 1.82) is 5.26 Å². The molecule has 0 spiro atoms. The number of nitrogens with zero attached hydrogens (tertiary/aromatic N) is 2. The number of aliphatic hydroxyl groups is 1. The van der Waals surface area contributed by atoms with Gasteiger partial charge in [0.15, 0.2) is 0 Å². The predicted molar refractivity (Wildman–Crippen MR) is 84.2 cm³/mol. The number of amides is 2. The van der Waals surface area contributed by atoms with Gasteiger partial charge in [-0.15, -0.1) is 0 Å². The predicted octanol–water partition coefficient (Wildman–Crippen LogP) is 1.99. The largest absolute Gasteiger partial charge is 0.419 e. The van der Waals surface area contributed by atoms with Crippen molar-refractivity contribution < 1.29 is 32.6 Å².